The number of hydrogen-bond donors (Lipinski definition) is 1. The Kier molecular flexibility index (Phi) is 3.84. The van der Waals surface area contributed by atoms with Gasteiger partial charge >= 0.3 is 0 Å². The topological polar surface area (TPSA) is 43.4 Å². The zero-order valence-corrected chi connectivity index (χ0v) is 11.8. The van der Waals surface area contributed by atoms with E-state index in [2.05, 4.69) is 16.4 Å². The molecule has 102 valence electrons. The molecule has 1 aliphatic rings. The van der Waals surface area contributed by atoms with Crippen LogP contribution in [0.3, 0.4) is 0 Å². The van der Waals surface area contributed by atoms with Gasteiger partial charge in [-0.25, -0.2) is 4.98 Å². The van der Waals surface area contributed by atoms with E-state index < -0.39 is 0 Å². The number of nitrogens with zero attached hydrogens (tertiary/aromatic N) is 1. The predicted molar refractivity (Wildman–Crippen MR) is 78.3 cm³/mol. The molecular formula is C14H18N2O2S. The number of benzene rings is 1. The van der Waals surface area contributed by atoms with Crippen molar-refractivity contribution in [3.8, 4) is 5.75 Å². The van der Waals surface area contributed by atoms with Gasteiger partial charge in [-0.3, -0.25) is 0 Å². The fraction of sp³-hybridized carbons (Fsp3) is 0.500. The van der Waals surface area contributed by atoms with Crippen molar-refractivity contribution >= 4 is 26.7 Å². The van der Waals surface area contributed by atoms with Crippen LogP contribution in [0.1, 0.15) is 19.8 Å². The SMILES string of the molecule is CCOc1cccc2sc(NCC3CCCO3)nc12. The van der Waals surface area contributed by atoms with Crippen molar-refractivity contribution in [2.45, 2.75) is 25.9 Å². The highest BCUT2D eigenvalue weighted by Crippen LogP contribution is 2.32. The molecule has 2 heterocycles. The Bertz CT molecular complexity index is 549. The average molecular weight is 278 g/mol. The maximum absolute atomic E-state index is 5.60. The van der Waals surface area contributed by atoms with E-state index in [0.29, 0.717) is 12.7 Å². The molecule has 19 heavy (non-hydrogen) atoms. The van der Waals surface area contributed by atoms with E-state index in [0.717, 1.165) is 40.7 Å². The molecule has 3 rings (SSSR count). The summed E-state index contributed by atoms with van der Waals surface area (Å²) in [7, 11) is 0. The highest BCUT2D eigenvalue weighted by molar-refractivity contribution is 7.22. The summed E-state index contributed by atoms with van der Waals surface area (Å²) in [6.07, 6.45) is 2.64. The van der Waals surface area contributed by atoms with Gasteiger partial charge < -0.3 is 14.8 Å². The van der Waals surface area contributed by atoms with Crippen molar-refractivity contribution in [3.05, 3.63) is 18.2 Å². The molecule has 4 nitrogen and oxygen atoms in total. The van der Waals surface area contributed by atoms with Gasteiger partial charge in [-0.15, -0.1) is 0 Å². The van der Waals surface area contributed by atoms with E-state index in [1.54, 1.807) is 11.3 Å². The number of fused-ring (bicyclic) bond motifs is 1. The molecule has 1 atom stereocenters. The molecule has 1 fully saturated rings. The second-order valence-electron chi connectivity index (χ2n) is 4.57. The smallest absolute Gasteiger partial charge is 0.184 e. The van der Waals surface area contributed by atoms with E-state index in [-0.39, 0.29) is 0 Å². The first-order chi connectivity index (χ1) is 9.36. The van der Waals surface area contributed by atoms with Crippen LogP contribution in [-0.2, 0) is 4.74 Å². The second kappa shape index (κ2) is 5.75. The summed E-state index contributed by atoms with van der Waals surface area (Å²) in [5.41, 5.74) is 0.948. The molecule has 1 aromatic heterocycles. The van der Waals surface area contributed by atoms with Crippen molar-refractivity contribution in [1.29, 1.82) is 0 Å². The number of anilines is 1. The molecule has 0 radical (unpaired) electrons. The number of aromatic nitrogens is 1. The van der Waals surface area contributed by atoms with Crippen LogP contribution in [-0.4, -0.2) is 30.8 Å². The summed E-state index contributed by atoms with van der Waals surface area (Å²) >= 11 is 1.66. The van der Waals surface area contributed by atoms with Crippen molar-refractivity contribution in [2.75, 3.05) is 25.1 Å². The zero-order chi connectivity index (χ0) is 13.1. The van der Waals surface area contributed by atoms with Gasteiger partial charge in [-0.2, -0.15) is 0 Å². The summed E-state index contributed by atoms with van der Waals surface area (Å²) in [6, 6.07) is 6.05. The van der Waals surface area contributed by atoms with Crippen molar-refractivity contribution in [3.63, 3.8) is 0 Å². The third-order valence-electron chi connectivity index (χ3n) is 3.19. The fourth-order valence-corrected chi connectivity index (χ4v) is 3.17. The number of nitrogens with one attached hydrogen (secondary N) is 1. The van der Waals surface area contributed by atoms with Gasteiger partial charge in [0, 0.05) is 13.2 Å². The number of hydrogen-bond acceptors (Lipinski definition) is 5. The molecule has 0 bridgehead atoms. The van der Waals surface area contributed by atoms with Crippen molar-refractivity contribution < 1.29 is 9.47 Å². The number of rotatable bonds is 5. The molecule has 1 saturated heterocycles. The van der Waals surface area contributed by atoms with Crippen molar-refractivity contribution in [2.24, 2.45) is 0 Å². The molecule has 5 heteroatoms. The first kappa shape index (κ1) is 12.7. The monoisotopic (exact) mass is 278 g/mol. The average Bonchev–Trinajstić information content (AvgIpc) is 3.06. The van der Waals surface area contributed by atoms with Gasteiger partial charge in [0.05, 0.1) is 17.4 Å². The minimum absolute atomic E-state index is 0.332. The Morgan fingerprint density at radius 2 is 2.47 bits per heavy atom. The van der Waals surface area contributed by atoms with E-state index in [9.17, 15) is 0 Å². The van der Waals surface area contributed by atoms with E-state index >= 15 is 0 Å². The molecule has 0 aliphatic carbocycles. The summed E-state index contributed by atoms with van der Waals surface area (Å²) in [5.74, 6) is 0.862. The Morgan fingerprint density at radius 1 is 1.53 bits per heavy atom. The Balaban J connectivity index is 1.75. The largest absolute Gasteiger partial charge is 0.492 e. The van der Waals surface area contributed by atoms with Gasteiger partial charge in [-0.05, 0) is 31.9 Å². The first-order valence-electron chi connectivity index (χ1n) is 6.74. The number of thiazole rings is 1. The molecular weight excluding hydrogens is 260 g/mol. The van der Waals surface area contributed by atoms with E-state index in [1.165, 1.54) is 6.42 Å². The van der Waals surface area contributed by atoms with Crippen LogP contribution in [0.5, 0.6) is 5.75 Å². The first-order valence-corrected chi connectivity index (χ1v) is 7.56. The second-order valence-corrected chi connectivity index (χ2v) is 5.60. The van der Waals surface area contributed by atoms with Gasteiger partial charge in [-0.1, -0.05) is 17.4 Å². The summed E-state index contributed by atoms with van der Waals surface area (Å²) in [5, 5.41) is 4.31. The molecule has 0 saturated carbocycles. The van der Waals surface area contributed by atoms with Gasteiger partial charge in [0.1, 0.15) is 11.3 Å². The van der Waals surface area contributed by atoms with Crippen LogP contribution in [0, 0.1) is 0 Å². The van der Waals surface area contributed by atoms with Crippen LogP contribution in [0.15, 0.2) is 18.2 Å². The molecule has 1 aromatic carbocycles. The molecule has 2 aromatic rings. The van der Waals surface area contributed by atoms with Gasteiger partial charge in [0.25, 0.3) is 0 Å². The van der Waals surface area contributed by atoms with Crippen LogP contribution >= 0.6 is 11.3 Å². The number of ether oxygens (including phenoxy) is 2. The number of para-hydroxylation sites is 1. The Labute approximate surface area is 116 Å². The normalized spacial score (nSPS) is 18.9. The van der Waals surface area contributed by atoms with Gasteiger partial charge in [0.15, 0.2) is 5.13 Å². The third kappa shape index (κ3) is 2.82. The van der Waals surface area contributed by atoms with Crippen LogP contribution in [0.4, 0.5) is 5.13 Å². The summed E-state index contributed by atoms with van der Waals surface area (Å²) < 4.78 is 12.4. The Morgan fingerprint density at radius 3 is 3.26 bits per heavy atom. The highest BCUT2D eigenvalue weighted by atomic mass is 32.1. The van der Waals surface area contributed by atoms with Crippen LogP contribution in [0.25, 0.3) is 10.2 Å². The molecule has 0 spiro atoms. The quantitative estimate of drug-likeness (QED) is 0.911. The van der Waals surface area contributed by atoms with Crippen LogP contribution in [0.2, 0.25) is 0 Å². The lowest BCUT2D eigenvalue weighted by molar-refractivity contribution is 0.120. The molecule has 1 unspecified atom stereocenters. The highest BCUT2D eigenvalue weighted by Gasteiger charge is 2.16. The van der Waals surface area contributed by atoms with Gasteiger partial charge in [0.2, 0.25) is 0 Å². The van der Waals surface area contributed by atoms with E-state index in [4.69, 9.17) is 9.47 Å². The standard InChI is InChI=1S/C14H18N2O2S/c1-2-17-11-6-3-7-12-13(11)16-14(19-12)15-9-10-5-4-8-18-10/h3,6-7,10H,2,4-5,8-9H2,1H3,(H,15,16). The van der Waals surface area contributed by atoms with E-state index in [1.807, 2.05) is 19.1 Å². The lowest BCUT2D eigenvalue weighted by atomic mass is 10.2. The predicted octanol–water partition coefficient (Wildman–Crippen LogP) is 3.29. The minimum Gasteiger partial charge on any atom is -0.492 e. The molecule has 1 aliphatic heterocycles. The third-order valence-corrected chi connectivity index (χ3v) is 4.17. The van der Waals surface area contributed by atoms with Crippen molar-refractivity contribution in [1.82, 2.24) is 4.98 Å². The maximum atomic E-state index is 5.60. The fourth-order valence-electron chi connectivity index (χ4n) is 2.28. The Hall–Kier alpha value is -1.33. The minimum atomic E-state index is 0.332. The maximum Gasteiger partial charge on any atom is 0.184 e. The van der Waals surface area contributed by atoms with Crippen LogP contribution < -0.4 is 10.1 Å². The summed E-state index contributed by atoms with van der Waals surface area (Å²) in [6.45, 7) is 4.38. The summed E-state index contributed by atoms with van der Waals surface area (Å²) in [4.78, 5) is 4.62. The molecule has 0 amide bonds. The lowest BCUT2D eigenvalue weighted by Crippen LogP contribution is -2.18. The zero-order valence-electron chi connectivity index (χ0n) is 11.0. The molecule has 1 N–H and O–H groups in total. The lowest BCUT2D eigenvalue weighted by Gasteiger charge is -2.08.